The second kappa shape index (κ2) is 5.63. The topological polar surface area (TPSA) is 78.0 Å². The third-order valence-electron chi connectivity index (χ3n) is 4.06. The maximum absolute atomic E-state index is 12.0. The number of carbonyl (C=O) groups excluding carboxylic acids is 1. The molecule has 1 fully saturated rings. The largest absolute Gasteiger partial charge is 0.393 e. The van der Waals surface area contributed by atoms with Crippen LogP contribution in [0.2, 0.25) is 0 Å². The zero-order valence-corrected chi connectivity index (χ0v) is 11.3. The number of amides is 1. The normalized spacial score (nSPS) is 22.2. The Morgan fingerprint density at radius 2 is 2.25 bits per heavy atom. The second-order valence-corrected chi connectivity index (χ2v) is 5.46. The molecule has 1 heterocycles. The number of fused-ring (bicyclic) bond motifs is 1. The molecule has 2 atom stereocenters. The molecule has 3 rings (SSSR count). The Kier molecular flexibility index (Phi) is 3.69. The first-order valence-electron chi connectivity index (χ1n) is 7.11. The van der Waals surface area contributed by atoms with Gasteiger partial charge in [0.05, 0.1) is 23.7 Å². The van der Waals surface area contributed by atoms with Crippen molar-refractivity contribution >= 4 is 16.8 Å². The van der Waals surface area contributed by atoms with Crippen molar-refractivity contribution < 1.29 is 9.90 Å². The summed E-state index contributed by atoms with van der Waals surface area (Å²) in [5.74, 6) is 0.177. The number of aliphatic hydroxyl groups is 1. The fourth-order valence-electron chi connectivity index (χ4n) is 2.87. The average molecular weight is 273 g/mol. The van der Waals surface area contributed by atoms with Crippen LogP contribution >= 0.6 is 0 Å². The molecule has 1 saturated carbocycles. The van der Waals surface area contributed by atoms with E-state index in [1.807, 2.05) is 24.3 Å². The summed E-state index contributed by atoms with van der Waals surface area (Å²) in [5.41, 5.74) is 1.71. The van der Waals surface area contributed by atoms with Crippen molar-refractivity contribution in [3.05, 3.63) is 30.0 Å². The first-order valence-corrected chi connectivity index (χ1v) is 7.11. The van der Waals surface area contributed by atoms with Gasteiger partial charge in [-0.25, -0.2) is 0 Å². The summed E-state index contributed by atoms with van der Waals surface area (Å²) in [6.45, 7) is 0.562. The van der Waals surface area contributed by atoms with Crippen LogP contribution in [0.4, 0.5) is 0 Å². The number of hydrogen-bond acceptors (Lipinski definition) is 3. The standard InChI is InChI=1S/C15H19N3O2/c19-14-7-3-4-10(14)9-16-15(20)8-13-11-5-1-2-6-12(11)17-18-13/h1-2,5-6,10,14,19H,3-4,7-9H2,(H,16,20)(H,17,18). The lowest BCUT2D eigenvalue weighted by Crippen LogP contribution is -2.33. The maximum Gasteiger partial charge on any atom is 0.226 e. The van der Waals surface area contributed by atoms with Crippen molar-refractivity contribution in [2.45, 2.75) is 31.8 Å². The molecule has 3 N–H and O–H groups in total. The van der Waals surface area contributed by atoms with Crippen LogP contribution in [0.15, 0.2) is 24.3 Å². The van der Waals surface area contributed by atoms with Gasteiger partial charge in [0.2, 0.25) is 5.91 Å². The van der Waals surface area contributed by atoms with Crippen LogP contribution in [0.1, 0.15) is 25.0 Å². The molecule has 1 aromatic carbocycles. The van der Waals surface area contributed by atoms with E-state index < -0.39 is 0 Å². The van der Waals surface area contributed by atoms with Crippen molar-refractivity contribution in [2.24, 2.45) is 5.92 Å². The number of hydrogen-bond donors (Lipinski definition) is 3. The van der Waals surface area contributed by atoms with Gasteiger partial charge in [-0.1, -0.05) is 24.6 Å². The highest BCUT2D eigenvalue weighted by molar-refractivity contribution is 5.87. The Balaban J connectivity index is 1.58. The zero-order chi connectivity index (χ0) is 13.9. The molecule has 106 valence electrons. The van der Waals surface area contributed by atoms with Gasteiger partial charge in [0.25, 0.3) is 0 Å². The van der Waals surface area contributed by atoms with Crippen LogP contribution in [0.5, 0.6) is 0 Å². The summed E-state index contributed by atoms with van der Waals surface area (Å²) >= 11 is 0. The van der Waals surface area contributed by atoms with Crippen LogP contribution in [0, 0.1) is 5.92 Å². The molecule has 2 unspecified atom stereocenters. The number of aliphatic hydroxyl groups excluding tert-OH is 1. The minimum absolute atomic E-state index is 0.0292. The molecule has 0 spiro atoms. The Hall–Kier alpha value is -1.88. The molecule has 1 aliphatic rings. The maximum atomic E-state index is 12.0. The number of para-hydroxylation sites is 1. The predicted molar refractivity (Wildman–Crippen MR) is 76.2 cm³/mol. The van der Waals surface area contributed by atoms with Crippen LogP contribution in [0.3, 0.4) is 0 Å². The van der Waals surface area contributed by atoms with Crippen molar-refractivity contribution in [1.29, 1.82) is 0 Å². The van der Waals surface area contributed by atoms with Crippen LogP contribution < -0.4 is 5.32 Å². The van der Waals surface area contributed by atoms with Gasteiger partial charge < -0.3 is 10.4 Å². The number of H-pyrrole nitrogens is 1. The smallest absolute Gasteiger partial charge is 0.226 e. The van der Waals surface area contributed by atoms with Crippen LogP contribution in [-0.4, -0.2) is 33.9 Å². The molecular weight excluding hydrogens is 254 g/mol. The number of rotatable bonds is 4. The monoisotopic (exact) mass is 273 g/mol. The second-order valence-electron chi connectivity index (χ2n) is 5.46. The van der Waals surface area contributed by atoms with E-state index in [0.29, 0.717) is 13.0 Å². The quantitative estimate of drug-likeness (QED) is 0.787. The summed E-state index contributed by atoms with van der Waals surface area (Å²) in [6, 6.07) is 7.74. The third-order valence-corrected chi connectivity index (χ3v) is 4.06. The van der Waals surface area contributed by atoms with Gasteiger partial charge in [-0.05, 0) is 18.9 Å². The SMILES string of the molecule is O=C(Cc1[nH]nc2ccccc12)NCC1CCCC1O. The number of aromatic amines is 1. The highest BCUT2D eigenvalue weighted by atomic mass is 16.3. The van der Waals surface area contributed by atoms with Crippen LogP contribution in [-0.2, 0) is 11.2 Å². The molecule has 0 aliphatic heterocycles. The Morgan fingerprint density at radius 3 is 3.05 bits per heavy atom. The van der Waals surface area contributed by atoms with Crippen molar-refractivity contribution in [3.8, 4) is 0 Å². The van der Waals surface area contributed by atoms with Crippen molar-refractivity contribution in [1.82, 2.24) is 15.5 Å². The minimum Gasteiger partial charge on any atom is -0.393 e. The Morgan fingerprint density at radius 1 is 1.40 bits per heavy atom. The fourth-order valence-corrected chi connectivity index (χ4v) is 2.87. The lowest BCUT2D eigenvalue weighted by molar-refractivity contribution is -0.120. The van der Waals surface area contributed by atoms with Gasteiger partial charge in [0, 0.05) is 17.8 Å². The molecule has 5 nitrogen and oxygen atoms in total. The molecule has 1 aliphatic carbocycles. The highest BCUT2D eigenvalue weighted by Crippen LogP contribution is 2.24. The zero-order valence-electron chi connectivity index (χ0n) is 11.3. The molecule has 0 radical (unpaired) electrons. The molecule has 1 aromatic heterocycles. The highest BCUT2D eigenvalue weighted by Gasteiger charge is 2.25. The predicted octanol–water partition coefficient (Wildman–Crippen LogP) is 1.38. The van der Waals surface area contributed by atoms with Gasteiger partial charge in [-0.2, -0.15) is 5.10 Å². The van der Waals surface area contributed by atoms with Crippen LogP contribution in [0.25, 0.3) is 10.9 Å². The van der Waals surface area contributed by atoms with E-state index in [2.05, 4.69) is 15.5 Å². The number of aromatic nitrogens is 2. The fraction of sp³-hybridized carbons (Fsp3) is 0.467. The molecule has 20 heavy (non-hydrogen) atoms. The van der Waals surface area contributed by atoms with E-state index in [0.717, 1.165) is 35.9 Å². The number of benzene rings is 1. The summed E-state index contributed by atoms with van der Waals surface area (Å²) in [7, 11) is 0. The molecule has 5 heteroatoms. The van der Waals surface area contributed by atoms with E-state index in [1.165, 1.54) is 0 Å². The lowest BCUT2D eigenvalue weighted by atomic mass is 10.1. The summed E-state index contributed by atoms with van der Waals surface area (Å²) < 4.78 is 0. The molecule has 0 bridgehead atoms. The number of carbonyl (C=O) groups is 1. The summed E-state index contributed by atoms with van der Waals surface area (Å²) in [5, 5.41) is 20.7. The van der Waals surface area contributed by atoms with Gasteiger partial charge in [0.15, 0.2) is 0 Å². The first-order chi connectivity index (χ1) is 9.74. The van der Waals surface area contributed by atoms with Gasteiger partial charge in [-0.15, -0.1) is 0 Å². The first kappa shape index (κ1) is 13.1. The van der Waals surface area contributed by atoms with Gasteiger partial charge in [-0.3, -0.25) is 9.89 Å². The van der Waals surface area contributed by atoms with E-state index in [1.54, 1.807) is 0 Å². The summed E-state index contributed by atoms with van der Waals surface area (Å²) in [4.78, 5) is 12.0. The van der Waals surface area contributed by atoms with Gasteiger partial charge in [0.1, 0.15) is 0 Å². The number of nitrogens with one attached hydrogen (secondary N) is 2. The van der Waals surface area contributed by atoms with Crippen molar-refractivity contribution in [3.63, 3.8) is 0 Å². The molecule has 2 aromatic rings. The molecule has 0 saturated heterocycles. The lowest BCUT2D eigenvalue weighted by Gasteiger charge is -2.14. The van der Waals surface area contributed by atoms with E-state index >= 15 is 0 Å². The summed E-state index contributed by atoms with van der Waals surface area (Å²) in [6.07, 6.45) is 2.93. The number of nitrogens with zero attached hydrogens (tertiary/aromatic N) is 1. The van der Waals surface area contributed by atoms with E-state index in [4.69, 9.17) is 0 Å². The van der Waals surface area contributed by atoms with Gasteiger partial charge >= 0.3 is 0 Å². The Bertz CT molecular complexity index is 608. The average Bonchev–Trinajstić information content (AvgIpc) is 3.04. The minimum atomic E-state index is -0.261. The third kappa shape index (κ3) is 2.67. The van der Waals surface area contributed by atoms with Crippen molar-refractivity contribution in [2.75, 3.05) is 6.54 Å². The van der Waals surface area contributed by atoms with E-state index in [9.17, 15) is 9.90 Å². The van der Waals surface area contributed by atoms with E-state index in [-0.39, 0.29) is 17.9 Å². The Labute approximate surface area is 117 Å². The molecular formula is C15H19N3O2. The molecule has 1 amide bonds.